The third-order valence-electron chi connectivity index (χ3n) is 3.83. The Hall–Kier alpha value is -0.550. The van der Waals surface area contributed by atoms with E-state index in [1.54, 1.807) is 0 Å². The highest BCUT2D eigenvalue weighted by Crippen LogP contribution is 2.46. The minimum atomic E-state index is 0.335. The topological polar surface area (TPSA) is 56.7 Å². The predicted molar refractivity (Wildman–Crippen MR) is 78.5 cm³/mol. The molecule has 0 saturated heterocycles. The zero-order valence-corrected chi connectivity index (χ0v) is 12.5. The zero-order valence-electron chi connectivity index (χ0n) is 11.7. The van der Waals surface area contributed by atoms with Crippen molar-refractivity contribution >= 4 is 11.8 Å². The van der Waals surface area contributed by atoms with Gasteiger partial charge in [-0.1, -0.05) is 18.2 Å². The van der Waals surface area contributed by atoms with Crippen molar-refractivity contribution < 1.29 is 0 Å². The number of nitrogens with zero attached hydrogens (tertiary/aromatic N) is 3. The maximum atomic E-state index is 5.77. The van der Waals surface area contributed by atoms with Crippen molar-refractivity contribution in [3.8, 4) is 0 Å². The van der Waals surface area contributed by atoms with E-state index in [2.05, 4.69) is 21.7 Å². The lowest BCUT2D eigenvalue weighted by molar-refractivity contribution is 0.614. The summed E-state index contributed by atoms with van der Waals surface area (Å²) >= 11 is 1.88. The predicted octanol–water partition coefficient (Wildman–Crippen LogP) is 3.10. The van der Waals surface area contributed by atoms with Crippen molar-refractivity contribution in [3.63, 3.8) is 0 Å². The molecule has 2 aliphatic rings. The molecule has 1 aromatic heterocycles. The van der Waals surface area contributed by atoms with Gasteiger partial charge in [0.25, 0.3) is 0 Å². The number of nitrogens with two attached hydrogens (primary N) is 1. The third kappa shape index (κ3) is 3.51. The van der Waals surface area contributed by atoms with E-state index in [9.17, 15) is 0 Å². The van der Waals surface area contributed by atoms with Crippen molar-refractivity contribution in [3.05, 3.63) is 5.82 Å². The number of rotatable bonds is 8. The molecule has 3 rings (SSSR count). The summed E-state index contributed by atoms with van der Waals surface area (Å²) in [4.78, 5) is 0. The first-order valence-corrected chi connectivity index (χ1v) is 8.57. The Balaban J connectivity index is 1.52. The molecular formula is C14H24N4S. The van der Waals surface area contributed by atoms with Crippen molar-refractivity contribution in [2.45, 2.75) is 75.0 Å². The molecular weight excluding hydrogens is 256 g/mol. The standard InChI is InChI=1S/C14H24N4S/c1-10(15)4-2-3-9-19-14-17-16-13(11-5-6-11)18(14)12-7-8-12/h10-12H,2-9,15H2,1H3. The summed E-state index contributed by atoms with van der Waals surface area (Å²) in [6.07, 6.45) is 8.82. The molecule has 2 fully saturated rings. The van der Waals surface area contributed by atoms with Crippen LogP contribution in [-0.2, 0) is 0 Å². The maximum Gasteiger partial charge on any atom is 0.191 e. The van der Waals surface area contributed by atoms with Crippen LogP contribution in [0.5, 0.6) is 0 Å². The molecule has 0 spiro atoms. The Morgan fingerprint density at radius 1 is 1.26 bits per heavy atom. The fraction of sp³-hybridized carbons (Fsp3) is 0.857. The van der Waals surface area contributed by atoms with Crippen LogP contribution in [0.1, 0.15) is 69.7 Å². The van der Waals surface area contributed by atoms with Gasteiger partial charge in [-0.15, -0.1) is 10.2 Å². The van der Waals surface area contributed by atoms with Gasteiger partial charge in [0.2, 0.25) is 0 Å². The Labute approximate surface area is 119 Å². The van der Waals surface area contributed by atoms with E-state index in [0.29, 0.717) is 18.0 Å². The Morgan fingerprint density at radius 3 is 2.68 bits per heavy atom. The van der Waals surface area contributed by atoms with E-state index >= 15 is 0 Å². The van der Waals surface area contributed by atoms with Crippen molar-refractivity contribution in [2.24, 2.45) is 5.73 Å². The molecule has 1 heterocycles. The molecule has 1 aromatic rings. The van der Waals surface area contributed by atoms with Crippen LogP contribution in [-0.4, -0.2) is 26.6 Å². The first kappa shape index (κ1) is 13.4. The van der Waals surface area contributed by atoms with Crippen molar-refractivity contribution in [1.82, 2.24) is 14.8 Å². The lowest BCUT2D eigenvalue weighted by Crippen LogP contribution is -2.14. The summed E-state index contributed by atoms with van der Waals surface area (Å²) in [6, 6.07) is 1.04. The summed E-state index contributed by atoms with van der Waals surface area (Å²) in [6.45, 7) is 2.08. The lowest BCUT2D eigenvalue weighted by Gasteiger charge is -2.08. The van der Waals surface area contributed by atoms with Gasteiger partial charge in [-0.05, 0) is 45.4 Å². The highest BCUT2D eigenvalue weighted by Gasteiger charge is 2.36. The second-order valence-corrected chi connectivity index (χ2v) is 7.10. The second kappa shape index (κ2) is 5.83. The molecule has 5 heteroatoms. The van der Waals surface area contributed by atoms with Crippen LogP contribution in [0.4, 0.5) is 0 Å². The first-order valence-electron chi connectivity index (χ1n) is 7.59. The van der Waals surface area contributed by atoms with Gasteiger partial charge in [-0.3, -0.25) is 0 Å². The van der Waals surface area contributed by atoms with E-state index in [-0.39, 0.29) is 0 Å². The number of unbranched alkanes of at least 4 members (excludes halogenated alkanes) is 1. The average molecular weight is 280 g/mol. The molecule has 19 heavy (non-hydrogen) atoms. The molecule has 1 unspecified atom stereocenters. The lowest BCUT2D eigenvalue weighted by atomic mass is 10.2. The first-order chi connectivity index (χ1) is 9.25. The average Bonchev–Trinajstić information content (AvgIpc) is 3.28. The Morgan fingerprint density at radius 2 is 2.05 bits per heavy atom. The van der Waals surface area contributed by atoms with E-state index in [4.69, 9.17) is 5.73 Å². The quantitative estimate of drug-likeness (QED) is 0.587. The minimum absolute atomic E-state index is 0.335. The van der Waals surface area contributed by atoms with Gasteiger partial charge in [-0.25, -0.2) is 0 Å². The van der Waals surface area contributed by atoms with Gasteiger partial charge in [0.15, 0.2) is 5.16 Å². The molecule has 106 valence electrons. The van der Waals surface area contributed by atoms with Crippen LogP contribution >= 0.6 is 11.8 Å². The van der Waals surface area contributed by atoms with E-state index in [1.165, 1.54) is 44.3 Å². The molecule has 2 aliphatic carbocycles. The molecule has 0 radical (unpaired) electrons. The number of thioether (sulfide) groups is 1. The van der Waals surface area contributed by atoms with Gasteiger partial charge in [-0.2, -0.15) is 0 Å². The highest BCUT2D eigenvalue weighted by atomic mass is 32.2. The van der Waals surface area contributed by atoms with Gasteiger partial charge in [0.05, 0.1) is 0 Å². The fourth-order valence-electron chi connectivity index (χ4n) is 2.41. The fourth-order valence-corrected chi connectivity index (χ4v) is 3.43. The largest absolute Gasteiger partial charge is 0.328 e. The summed E-state index contributed by atoms with van der Waals surface area (Å²) in [5.74, 6) is 3.11. The summed E-state index contributed by atoms with van der Waals surface area (Å²) in [7, 11) is 0. The Bertz CT molecular complexity index is 421. The third-order valence-corrected chi connectivity index (χ3v) is 4.86. The molecule has 1 atom stereocenters. The smallest absolute Gasteiger partial charge is 0.191 e. The maximum absolute atomic E-state index is 5.77. The minimum Gasteiger partial charge on any atom is -0.328 e. The monoisotopic (exact) mass is 280 g/mol. The second-order valence-electron chi connectivity index (χ2n) is 6.04. The van der Waals surface area contributed by atoms with E-state index in [1.807, 2.05) is 11.8 Å². The molecule has 4 nitrogen and oxygen atoms in total. The van der Waals surface area contributed by atoms with Crippen LogP contribution in [0.15, 0.2) is 5.16 Å². The molecule has 0 aliphatic heterocycles. The van der Waals surface area contributed by atoms with E-state index < -0.39 is 0 Å². The van der Waals surface area contributed by atoms with Crippen LogP contribution in [0.3, 0.4) is 0 Å². The Kier molecular flexibility index (Phi) is 4.12. The van der Waals surface area contributed by atoms with Gasteiger partial charge < -0.3 is 10.3 Å². The molecule has 2 N–H and O–H groups in total. The van der Waals surface area contributed by atoms with Crippen LogP contribution in [0.2, 0.25) is 0 Å². The summed E-state index contributed by atoms with van der Waals surface area (Å²) in [5.41, 5.74) is 5.77. The summed E-state index contributed by atoms with van der Waals surface area (Å²) in [5, 5.41) is 10.0. The van der Waals surface area contributed by atoms with Crippen LogP contribution in [0, 0.1) is 0 Å². The van der Waals surface area contributed by atoms with Crippen molar-refractivity contribution in [2.75, 3.05) is 5.75 Å². The van der Waals surface area contributed by atoms with Gasteiger partial charge in [0.1, 0.15) is 5.82 Å². The molecule has 2 saturated carbocycles. The summed E-state index contributed by atoms with van der Waals surface area (Å²) < 4.78 is 2.44. The SMILES string of the molecule is CC(N)CCCCSc1nnc(C2CC2)n1C1CC1. The molecule has 0 amide bonds. The number of aromatic nitrogens is 3. The van der Waals surface area contributed by atoms with Gasteiger partial charge >= 0.3 is 0 Å². The number of hydrogen-bond acceptors (Lipinski definition) is 4. The van der Waals surface area contributed by atoms with Crippen LogP contribution < -0.4 is 5.73 Å². The van der Waals surface area contributed by atoms with Gasteiger partial charge in [0, 0.05) is 23.8 Å². The van der Waals surface area contributed by atoms with Crippen LogP contribution in [0.25, 0.3) is 0 Å². The number of hydrogen-bond donors (Lipinski definition) is 1. The van der Waals surface area contributed by atoms with Crippen molar-refractivity contribution in [1.29, 1.82) is 0 Å². The molecule has 0 aromatic carbocycles. The van der Waals surface area contributed by atoms with E-state index in [0.717, 1.165) is 17.3 Å². The zero-order chi connectivity index (χ0) is 13.2. The molecule has 0 bridgehead atoms. The normalized spacial score (nSPS) is 20.7. The highest BCUT2D eigenvalue weighted by molar-refractivity contribution is 7.99.